The molecule has 0 unspecified atom stereocenters. The molecule has 2 nitrogen and oxygen atoms in total. The van der Waals surface area contributed by atoms with E-state index in [2.05, 4.69) is 15.9 Å². The number of rotatable bonds is 3. The lowest BCUT2D eigenvalue weighted by Gasteiger charge is -2.00. The van der Waals surface area contributed by atoms with Crippen molar-refractivity contribution in [2.45, 2.75) is 0 Å². The van der Waals surface area contributed by atoms with Crippen molar-refractivity contribution in [1.29, 1.82) is 0 Å². The van der Waals surface area contributed by atoms with Crippen LogP contribution >= 0.6 is 15.9 Å². The van der Waals surface area contributed by atoms with Crippen LogP contribution in [0.2, 0.25) is 0 Å². The number of esters is 1. The zero-order valence-corrected chi connectivity index (χ0v) is 11.4. The highest BCUT2D eigenvalue weighted by Gasteiger charge is 2.00. The molecule has 0 aliphatic heterocycles. The maximum Gasteiger partial charge on any atom is 0.336 e. The second kappa shape index (κ2) is 6.29. The van der Waals surface area contributed by atoms with Gasteiger partial charge in [0.05, 0.1) is 0 Å². The van der Waals surface area contributed by atoms with Crippen LogP contribution < -0.4 is 4.74 Å². The molecule has 0 spiro atoms. The first-order valence-corrected chi connectivity index (χ1v) is 6.34. The highest BCUT2D eigenvalue weighted by Crippen LogP contribution is 2.16. The smallest absolute Gasteiger partial charge is 0.336 e. The van der Waals surface area contributed by atoms with Crippen LogP contribution in [0.25, 0.3) is 6.08 Å². The predicted molar refractivity (Wildman–Crippen MR) is 75.2 cm³/mol. The topological polar surface area (TPSA) is 26.3 Å². The number of hydrogen-bond acceptors (Lipinski definition) is 2. The Labute approximate surface area is 118 Å². The molecule has 2 rings (SSSR count). The SMILES string of the molecule is O=C(C=Cc1ccc(F)cc1)Oc1ccc(Br)cc1. The van der Waals surface area contributed by atoms with Gasteiger partial charge >= 0.3 is 5.97 Å². The van der Waals surface area contributed by atoms with Gasteiger partial charge in [-0.25, -0.2) is 9.18 Å². The first-order chi connectivity index (χ1) is 9.13. The number of halogens is 2. The van der Waals surface area contributed by atoms with Gasteiger partial charge in [0.2, 0.25) is 0 Å². The van der Waals surface area contributed by atoms with Gasteiger partial charge in [-0.05, 0) is 48.0 Å². The zero-order valence-electron chi connectivity index (χ0n) is 9.85. The molecule has 19 heavy (non-hydrogen) atoms. The molecule has 2 aromatic carbocycles. The summed E-state index contributed by atoms with van der Waals surface area (Å²) in [4.78, 5) is 11.5. The third-order valence-electron chi connectivity index (χ3n) is 2.31. The van der Waals surface area contributed by atoms with Crippen molar-refractivity contribution in [1.82, 2.24) is 0 Å². The van der Waals surface area contributed by atoms with Crippen LogP contribution in [0, 0.1) is 5.82 Å². The molecule has 4 heteroatoms. The maximum absolute atomic E-state index is 12.7. The summed E-state index contributed by atoms with van der Waals surface area (Å²) in [6.45, 7) is 0. The van der Waals surface area contributed by atoms with Crippen molar-refractivity contribution < 1.29 is 13.9 Å². The molecule has 0 saturated heterocycles. The van der Waals surface area contributed by atoms with E-state index in [9.17, 15) is 9.18 Å². The minimum atomic E-state index is -0.480. The standard InChI is InChI=1S/C15H10BrFO2/c16-12-4-8-14(9-5-12)19-15(18)10-3-11-1-6-13(17)7-2-11/h1-10H. The average molecular weight is 321 g/mol. The first-order valence-electron chi connectivity index (χ1n) is 5.54. The highest BCUT2D eigenvalue weighted by atomic mass is 79.9. The minimum Gasteiger partial charge on any atom is -0.423 e. The monoisotopic (exact) mass is 320 g/mol. The van der Waals surface area contributed by atoms with Gasteiger partial charge in [-0.2, -0.15) is 0 Å². The van der Waals surface area contributed by atoms with E-state index in [0.29, 0.717) is 5.75 Å². The molecule has 0 amide bonds. The van der Waals surface area contributed by atoms with Gasteiger partial charge in [-0.3, -0.25) is 0 Å². The Morgan fingerprint density at radius 2 is 1.68 bits per heavy atom. The van der Waals surface area contributed by atoms with Crippen molar-refractivity contribution >= 4 is 28.0 Å². The zero-order chi connectivity index (χ0) is 13.7. The molecule has 2 aromatic rings. The Kier molecular flexibility index (Phi) is 4.47. The molecule has 0 aliphatic rings. The fourth-order valence-corrected chi connectivity index (χ4v) is 1.66. The Morgan fingerprint density at radius 3 is 2.32 bits per heavy atom. The summed E-state index contributed by atoms with van der Waals surface area (Å²) >= 11 is 3.29. The summed E-state index contributed by atoms with van der Waals surface area (Å²) in [6.07, 6.45) is 2.87. The van der Waals surface area contributed by atoms with Gasteiger partial charge in [-0.1, -0.05) is 28.1 Å². The van der Waals surface area contributed by atoms with Gasteiger partial charge in [0.1, 0.15) is 11.6 Å². The van der Waals surface area contributed by atoms with E-state index >= 15 is 0 Å². The fraction of sp³-hybridized carbons (Fsp3) is 0. The van der Waals surface area contributed by atoms with Gasteiger partial charge in [0.15, 0.2) is 0 Å². The molecule has 96 valence electrons. The van der Waals surface area contributed by atoms with E-state index in [1.165, 1.54) is 18.2 Å². The van der Waals surface area contributed by atoms with Gasteiger partial charge in [-0.15, -0.1) is 0 Å². The molecule has 0 saturated carbocycles. The van der Waals surface area contributed by atoms with E-state index in [1.807, 2.05) is 0 Å². The molecule has 0 N–H and O–H groups in total. The summed E-state index contributed by atoms with van der Waals surface area (Å²) in [6, 6.07) is 12.8. The molecular weight excluding hydrogens is 311 g/mol. The van der Waals surface area contributed by atoms with Crippen LogP contribution in [0.5, 0.6) is 5.75 Å². The minimum absolute atomic E-state index is 0.311. The summed E-state index contributed by atoms with van der Waals surface area (Å²) in [5.74, 6) is -0.321. The molecule has 0 bridgehead atoms. The van der Waals surface area contributed by atoms with E-state index in [4.69, 9.17) is 4.74 Å². The second-order valence-electron chi connectivity index (χ2n) is 3.76. The number of benzene rings is 2. The van der Waals surface area contributed by atoms with Crippen LogP contribution in [0.3, 0.4) is 0 Å². The van der Waals surface area contributed by atoms with E-state index in [1.54, 1.807) is 42.5 Å². The molecule has 0 heterocycles. The van der Waals surface area contributed by atoms with E-state index < -0.39 is 5.97 Å². The lowest BCUT2D eigenvalue weighted by atomic mass is 10.2. The fourth-order valence-electron chi connectivity index (χ4n) is 1.39. The number of carbonyl (C=O) groups excluding carboxylic acids is 1. The largest absolute Gasteiger partial charge is 0.423 e. The summed E-state index contributed by atoms with van der Waals surface area (Å²) < 4.78 is 18.7. The second-order valence-corrected chi connectivity index (χ2v) is 4.68. The third-order valence-corrected chi connectivity index (χ3v) is 2.84. The van der Waals surface area contributed by atoms with E-state index in [-0.39, 0.29) is 5.82 Å². The Balaban J connectivity index is 1.97. The van der Waals surface area contributed by atoms with Crippen molar-refractivity contribution in [3.05, 3.63) is 70.5 Å². The highest BCUT2D eigenvalue weighted by molar-refractivity contribution is 9.10. The normalized spacial score (nSPS) is 10.6. The predicted octanol–water partition coefficient (Wildman–Crippen LogP) is 4.21. The summed E-state index contributed by atoms with van der Waals surface area (Å²) in [5, 5.41) is 0. The summed E-state index contributed by atoms with van der Waals surface area (Å²) in [5.41, 5.74) is 0.731. The molecule has 0 radical (unpaired) electrons. The third kappa shape index (κ3) is 4.34. The van der Waals surface area contributed by atoms with Crippen LogP contribution in [-0.4, -0.2) is 5.97 Å². The Hall–Kier alpha value is -1.94. The quantitative estimate of drug-likeness (QED) is 0.481. The number of ether oxygens (including phenoxy) is 1. The Morgan fingerprint density at radius 1 is 1.05 bits per heavy atom. The summed E-state index contributed by atoms with van der Waals surface area (Å²) in [7, 11) is 0. The molecule has 0 atom stereocenters. The molecule has 0 fully saturated rings. The lowest BCUT2D eigenvalue weighted by molar-refractivity contribution is -0.128. The van der Waals surface area contributed by atoms with E-state index in [0.717, 1.165) is 10.0 Å². The van der Waals surface area contributed by atoms with Gasteiger partial charge < -0.3 is 4.74 Å². The molecule has 0 aliphatic carbocycles. The van der Waals surface area contributed by atoms with Crippen LogP contribution in [-0.2, 0) is 4.79 Å². The van der Waals surface area contributed by atoms with Crippen molar-refractivity contribution in [2.75, 3.05) is 0 Å². The van der Waals surface area contributed by atoms with Gasteiger partial charge in [0.25, 0.3) is 0 Å². The Bertz CT molecular complexity index is 589. The van der Waals surface area contributed by atoms with Crippen molar-refractivity contribution in [3.8, 4) is 5.75 Å². The van der Waals surface area contributed by atoms with Crippen LogP contribution in [0.4, 0.5) is 4.39 Å². The van der Waals surface area contributed by atoms with Crippen molar-refractivity contribution in [2.24, 2.45) is 0 Å². The first kappa shape index (κ1) is 13.5. The molecule has 0 aromatic heterocycles. The lowest BCUT2D eigenvalue weighted by Crippen LogP contribution is -2.03. The molecular formula is C15H10BrFO2. The van der Waals surface area contributed by atoms with Crippen molar-refractivity contribution in [3.63, 3.8) is 0 Å². The maximum atomic E-state index is 12.7. The van der Waals surface area contributed by atoms with Gasteiger partial charge in [0, 0.05) is 10.5 Å². The van der Waals surface area contributed by atoms with Crippen LogP contribution in [0.15, 0.2) is 59.1 Å². The number of carbonyl (C=O) groups is 1. The number of hydrogen-bond donors (Lipinski definition) is 0. The average Bonchev–Trinajstić information content (AvgIpc) is 2.41. The van der Waals surface area contributed by atoms with Crippen LogP contribution in [0.1, 0.15) is 5.56 Å².